The Balaban J connectivity index is 2.23. The van der Waals surface area contributed by atoms with Crippen LogP contribution in [-0.2, 0) is 26.2 Å². The summed E-state index contributed by atoms with van der Waals surface area (Å²) < 4.78 is 50.6. The van der Waals surface area contributed by atoms with Gasteiger partial charge in [-0.2, -0.15) is 0 Å². The third-order valence-electron chi connectivity index (χ3n) is 4.09. The average molecular weight is 422 g/mol. The van der Waals surface area contributed by atoms with Gasteiger partial charge in [0.25, 0.3) is 0 Å². The fourth-order valence-corrected chi connectivity index (χ4v) is 6.32. The number of aryl methyl sites for hydroxylation is 1. The quantitative estimate of drug-likeness (QED) is 0.681. The lowest BCUT2D eigenvalue weighted by Crippen LogP contribution is -2.04. The molecule has 0 aliphatic carbocycles. The Morgan fingerprint density at radius 3 is 2.30 bits per heavy atom. The largest absolute Gasteiger partial charge is 0.326 e. The summed E-state index contributed by atoms with van der Waals surface area (Å²) in [5.74, 6) is 0. The van der Waals surface area contributed by atoms with Crippen molar-refractivity contribution in [2.24, 2.45) is 5.73 Å². The topological polar surface area (TPSA) is 94.3 Å². The molecule has 0 aliphatic rings. The molecule has 1 aromatic heterocycles. The van der Waals surface area contributed by atoms with Crippen molar-refractivity contribution in [3.63, 3.8) is 0 Å². The molecule has 8 heteroatoms. The van der Waals surface area contributed by atoms with Gasteiger partial charge in [-0.05, 0) is 42.8 Å². The zero-order valence-corrected chi connectivity index (χ0v) is 17.3. The van der Waals surface area contributed by atoms with Gasteiger partial charge in [0.1, 0.15) is 4.21 Å². The van der Waals surface area contributed by atoms with Gasteiger partial charge >= 0.3 is 0 Å². The van der Waals surface area contributed by atoms with Gasteiger partial charge in [-0.3, -0.25) is 0 Å². The molecular formula is C19H19NO4S3. The molecular weight excluding hydrogens is 402 g/mol. The van der Waals surface area contributed by atoms with Crippen LogP contribution in [0.25, 0.3) is 11.1 Å². The van der Waals surface area contributed by atoms with Crippen molar-refractivity contribution in [2.75, 3.05) is 6.26 Å². The Labute approximate surface area is 163 Å². The van der Waals surface area contributed by atoms with Crippen LogP contribution >= 0.6 is 11.3 Å². The van der Waals surface area contributed by atoms with Crippen LogP contribution in [0.5, 0.6) is 0 Å². The third kappa shape index (κ3) is 3.98. The SMILES string of the molecule is Cc1cccc(-c2cc(S(=O)(=O)c3ccc(CN)s3)ccc2S(C)(=O)=O)c1. The van der Waals surface area contributed by atoms with Crippen molar-refractivity contribution in [3.8, 4) is 11.1 Å². The maximum Gasteiger partial charge on any atom is 0.215 e. The Bertz CT molecular complexity index is 1210. The zero-order chi connectivity index (χ0) is 19.8. The summed E-state index contributed by atoms with van der Waals surface area (Å²) in [6, 6.07) is 14.6. The molecule has 0 amide bonds. The number of hydrogen-bond donors (Lipinski definition) is 1. The maximum absolute atomic E-state index is 13.0. The molecule has 0 saturated heterocycles. The van der Waals surface area contributed by atoms with Crippen molar-refractivity contribution >= 4 is 31.0 Å². The summed E-state index contributed by atoms with van der Waals surface area (Å²) in [5, 5.41) is 0. The first kappa shape index (κ1) is 19.8. The highest BCUT2D eigenvalue weighted by Crippen LogP contribution is 2.34. The Morgan fingerprint density at radius 2 is 1.70 bits per heavy atom. The highest BCUT2D eigenvalue weighted by atomic mass is 32.2. The van der Waals surface area contributed by atoms with Gasteiger partial charge in [-0.15, -0.1) is 11.3 Å². The highest BCUT2D eigenvalue weighted by molar-refractivity contribution is 7.93. The summed E-state index contributed by atoms with van der Waals surface area (Å²) in [5.41, 5.74) is 7.55. The molecule has 2 N–H and O–H groups in total. The van der Waals surface area contributed by atoms with E-state index in [-0.39, 0.29) is 20.5 Å². The molecule has 0 bridgehead atoms. The summed E-state index contributed by atoms with van der Waals surface area (Å²) in [6.07, 6.45) is 1.11. The van der Waals surface area contributed by atoms with Crippen molar-refractivity contribution in [2.45, 2.75) is 27.5 Å². The van der Waals surface area contributed by atoms with Crippen molar-refractivity contribution in [1.29, 1.82) is 0 Å². The predicted molar refractivity (Wildman–Crippen MR) is 107 cm³/mol. The molecule has 3 rings (SSSR count). The van der Waals surface area contributed by atoms with Crippen molar-refractivity contribution in [1.82, 2.24) is 0 Å². The number of hydrogen-bond acceptors (Lipinski definition) is 6. The van der Waals surface area contributed by atoms with E-state index in [2.05, 4.69) is 0 Å². The Kier molecular flexibility index (Phi) is 5.27. The Hall–Kier alpha value is -2.00. The van der Waals surface area contributed by atoms with Crippen LogP contribution in [0.3, 0.4) is 0 Å². The van der Waals surface area contributed by atoms with Gasteiger partial charge in [-0.25, -0.2) is 16.8 Å². The maximum atomic E-state index is 13.0. The minimum atomic E-state index is -3.76. The van der Waals surface area contributed by atoms with Gasteiger partial charge in [0, 0.05) is 23.2 Å². The zero-order valence-electron chi connectivity index (χ0n) is 14.8. The minimum absolute atomic E-state index is 0.0526. The van der Waals surface area contributed by atoms with E-state index < -0.39 is 19.7 Å². The van der Waals surface area contributed by atoms with Crippen LogP contribution in [0, 0.1) is 6.92 Å². The van der Waals surface area contributed by atoms with Crippen molar-refractivity contribution in [3.05, 3.63) is 65.0 Å². The first-order valence-corrected chi connectivity index (χ1v) is 12.3. The molecule has 0 atom stereocenters. The fourth-order valence-electron chi connectivity index (χ4n) is 2.77. The molecule has 5 nitrogen and oxygen atoms in total. The third-order valence-corrected chi connectivity index (χ3v) is 8.60. The van der Waals surface area contributed by atoms with E-state index in [1.165, 1.54) is 24.3 Å². The Morgan fingerprint density at radius 1 is 0.963 bits per heavy atom. The number of sulfone groups is 2. The van der Waals surface area contributed by atoms with Crippen molar-refractivity contribution < 1.29 is 16.8 Å². The van der Waals surface area contributed by atoms with Crippen LogP contribution in [0.4, 0.5) is 0 Å². The van der Waals surface area contributed by atoms with Crippen LogP contribution < -0.4 is 5.73 Å². The lowest BCUT2D eigenvalue weighted by atomic mass is 10.0. The van der Waals surface area contributed by atoms with E-state index in [4.69, 9.17) is 5.73 Å². The first-order chi connectivity index (χ1) is 12.6. The standard InChI is InChI=1S/C19H19NO4S3/c1-13-4-3-5-14(10-13)17-11-16(7-8-18(17)26(2,21)22)27(23,24)19-9-6-15(12-20)25-19/h3-11H,12,20H2,1-2H3. The second-order valence-electron chi connectivity index (χ2n) is 6.23. The second kappa shape index (κ2) is 7.20. The predicted octanol–water partition coefficient (Wildman–Crippen LogP) is 3.42. The fraction of sp³-hybridized carbons (Fsp3) is 0.158. The highest BCUT2D eigenvalue weighted by Gasteiger charge is 2.23. The first-order valence-electron chi connectivity index (χ1n) is 8.08. The second-order valence-corrected chi connectivity index (χ2v) is 11.6. The van der Waals surface area contributed by atoms with Gasteiger partial charge in [0.05, 0.1) is 9.79 Å². The lowest BCUT2D eigenvalue weighted by Gasteiger charge is -2.12. The van der Waals surface area contributed by atoms with Crippen LogP contribution in [-0.4, -0.2) is 23.1 Å². The number of rotatable bonds is 5. The van der Waals surface area contributed by atoms with Gasteiger partial charge in [0.15, 0.2) is 9.84 Å². The molecule has 0 aliphatic heterocycles. The minimum Gasteiger partial charge on any atom is -0.326 e. The molecule has 27 heavy (non-hydrogen) atoms. The lowest BCUT2D eigenvalue weighted by molar-refractivity contribution is 0.596. The van der Waals surface area contributed by atoms with Crippen LogP contribution in [0.2, 0.25) is 0 Å². The van der Waals surface area contributed by atoms with E-state index in [1.54, 1.807) is 12.1 Å². The van der Waals surface area contributed by atoms with E-state index in [0.29, 0.717) is 11.1 Å². The van der Waals surface area contributed by atoms with E-state index in [9.17, 15) is 16.8 Å². The average Bonchev–Trinajstić information content (AvgIpc) is 3.10. The summed E-state index contributed by atoms with van der Waals surface area (Å²) in [4.78, 5) is 0.915. The molecule has 0 unspecified atom stereocenters. The van der Waals surface area contributed by atoms with E-state index >= 15 is 0 Å². The number of benzene rings is 2. The molecule has 2 aromatic carbocycles. The smallest absolute Gasteiger partial charge is 0.215 e. The molecule has 3 aromatic rings. The molecule has 0 saturated carbocycles. The molecule has 142 valence electrons. The van der Waals surface area contributed by atoms with E-state index in [1.807, 2.05) is 25.1 Å². The van der Waals surface area contributed by atoms with Crippen LogP contribution in [0.1, 0.15) is 10.4 Å². The van der Waals surface area contributed by atoms with Gasteiger partial charge < -0.3 is 5.73 Å². The van der Waals surface area contributed by atoms with Gasteiger partial charge in [-0.1, -0.05) is 29.8 Å². The van der Waals surface area contributed by atoms with Gasteiger partial charge in [0.2, 0.25) is 9.84 Å². The molecule has 0 spiro atoms. The molecule has 1 heterocycles. The van der Waals surface area contributed by atoms with Crippen LogP contribution in [0.15, 0.2) is 68.6 Å². The molecule has 0 fully saturated rings. The number of thiophene rings is 1. The summed E-state index contributed by atoms with van der Waals surface area (Å²) in [7, 11) is -7.29. The van der Waals surface area contributed by atoms with E-state index in [0.717, 1.165) is 28.0 Å². The normalized spacial score (nSPS) is 12.3. The summed E-state index contributed by atoms with van der Waals surface area (Å²) >= 11 is 1.12. The number of nitrogens with two attached hydrogens (primary N) is 1. The monoisotopic (exact) mass is 421 g/mol. The summed E-state index contributed by atoms with van der Waals surface area (Å²) in [6.45, 7) is 2.16. The molecule has 0 radical (unpaired) electrons.